The van der Waals surface area contributed by atoms with E-state index in [1.165, 1.54) is 0 Å². The Hall–Kier alpha value is -1.89. The van der Waals surface area contributed by atoms with E-state index in [4.69, 9.17) is 9.84 Å². The fourth-order valence-electron chi connectivity index (χ4n) is 3.55. The smallest absolute Gasteiger partial charge is 0.194 e. The standard InChI is InChI=1S/C19H27N3O3/c1-14-17(13-22-8-6-21(7-9-22)10-11-23)19(24)16-12-15(25-3)4-5-18(16)20(14)2/h4-5,12,23H,6-11,13H2,1-3H3. The number of benzene rings is 1. The van der Waals surface area contributed by atoms with Crippen molar-refractivity contribution in [3.8, 4) is 5.75 Å². The van der Waals surface area contributed by atoms with Crippen molar-refractivity contribution in [1.29, 1.82) is 0 Å². The van der Waals surface area contributed by atoms with Crippen molar-refractivity contribution in [2.75, 3.05) is 46.4 Å². The molecule has 0 saturated carbocycles. The van der Waals surface area contributed by atoms with Crippen molar-refractivity contribution in [3.63, 3.8) is 0 Å². The molecule has 0 bridgehead atoms. The lowest BCUT2D eigenvalue weighted by Gasteiger charge is -2.34. The first-order chi connectivity index (χ1) is 12.0. The Morgan fingerprint density at radius 1 is 1.16 bits per heavy atom. The zero-order valence-corrected chi connectivity index (χ0v) is 15.3. The average molecular weight is 345 g/mol. The van der Waals surface area contributed by atoms with Gasteiger partial charge < -0.3 is 14.4 Å². The van der Waals surface area contributed by atoms with Gasteiger partial charge in [0.15, 0.2) is 5.43 Å². The molecule has 0 radical (unpaired) electrons. The first-order valence-electron chi connectivity index (χ1n) is 8.77. The Bertz CT molecular complexity index is 808. The van der Waals surface area contributed by atoms with E-state index in [-0.39, 0.29) is 12.0 Å². The molecule has 3 rings (SSSR count). The Morgan fingerprint density at radius 2 is 1.84 bits per heavy atom. The van der Waals surface area contributed by atoms with Gasteiger partial charge in [-0.3, -0.25) is 14.6 Å². The summed E-state index contributed by atoms with van der Waals surface area (Å²) >= 11 is 0. The molecule has 0 unspecified atom stereocenters. The number of piperazine rings is 1. The van der Waals surface area contributed by atoms with Crippen LogP contribution in [0, 0.1) is 6.92 Å². The zero-order chi connectivity index (χ0) is 18.0. The van der Waals surface area contributed by atoms with E-state index in [9.17, 15) is 4.79 Å². The lowest BCUT2D eigenvalue weighted by Crippen LogP contribution is -2.47. The number of aliphatic hydroxyl groups excluding tert-OH is 1. The van der Waals surface area contributed by atoms with Crippen LogP contribution < -0.4 is 10.2 Å². The third kappa shape index (κ3) is 3.56. The Kier molecular flexibility index (Phi) is 5.42. The summed E-state index contributed by atoms with van der Waals surface area (Å²) in [7, 11) is 3.62. The van der Waals surface area contributed by atoms with Gasteiger partial charge in [-0.2, -0.15) is 0 Å². The van der Waals surface area contributed by atoms with Crippen LogP contribution >= 0.6 is 0 Å². The number of ether oxygens (including phenoxy) is 1. The third-order valence-corrected chi connectivity index (χ3v) is 5.29. The number of fused-ring (bicyclic) bond motifs is 1. The van der Waals surface area contributed by atoms with Gasteiger partial charge in [0.2, 0.25) is 0 Å². The number of aliphatic hydroxyl groups is 1. The molecule has 0 atom stereocenters. The van der Waals surface area contributed by atoms with Crippen LogP contribution in [0.1, 0.15) is 11.3 Å². The second kappa shape index (κ2) is 7.56. The van der Waals surface area contributed by atoms with Crippen LogP contribution in [0.15, 0.2) is 23.0 Å². The molecule has 25 heavy (non-hydrogen) atoms. The summed E-state index contributed by atoms with van der Waals surface area (Å²) in [5.41, 5.74) is 2.90. The average Bonchev–Trinajstić information content (AvgIpc) is 2.64. The van der Waals surface area contributed by atoms with E-state index < -0.39 is 0 Å². The highest BCUT2D eigenvalue weighted by molar-refractivity contribution is 5.81. The minimum Gasteiger partial charge on any atom is -0.497 e. The summed E-state index contributed by atoms with van der Waals surface area (Å²) in [5, 5.41) is 9.77. The minimum atomic E-state index is 0.0993. The van der Waals surface area contributed by atoms with Crippen LogP contribution in [0.2, 0.25) is 0 Å². The number of aromatic nitrogens is 1. The molecule has 1 aromatic carbocycles. The van der Waals surface area contributed by atoms with Gasteiger partial charge in [-0.25, -0.2) is 0 Å². The van der Waals surface area contributed by atoms with Crippen LogP contribution in [0.25, 0.3) is 10.9 Å². The SMILES string of the molecule is COc1ccc2c(c1)c(=O)c(CN1CCN(CCO)CC1)c(C)n2C. The Labute approximate surface area is 148 Å². The molecule has 2 heterocycles. The van der Waals surface area contributed by atoms with Gasteiger partial charge in [-0.15, -0.1) is 0 Å². The molecule has 136 valence electrons. The molecule has 1 aliphatic rings. The molecule has 2 aromatic rings. The number of aryl methyl sites for hydroxylation is 1. The van der Waals surface area contributed by atoms with Gasteiger partial charge in [0.05, 0.1) is 19.2 Å². The highest BCUT2D eigenvalue weighted by Gasteiger charge is 2.20. The van der Waals surface area contributed by atoms with Crippen molar-refractivity contribution >= 4 is 10.9 Å². The van der Waals surface area contributed by atoms with Crippen LogP contribution in [-0.2, 0) is 13.6 Å². The highest BCUT2D eigenvalue weighted by Crippen LogP contribution is 2.21. The molecule has 0 amide bonds. The quantitative estimate of drug-likeness (QED) is 0.875. The number of pyridine rings is 1. The number of rotatable bonds is 5. The number of methoxy groups -OCH3 is 1. The van der Waals surface area contributed by atoms with E-state index >= 15 is 0 Å². The summed E-state index contributed by atoms with van der Waals surface area (Å²) in [6, 6.07) is 5.67. The van der Waals surface area contributed by atoms with Gasteiger partial charge in [-0.05, 0) is 25.1 Å². The maximum Gasteiger partial charge on any atom is 0.194 e. The number of hydrogen-bond donors (Lipinski definition) is 1. The van der Waals surface area contributed by atoms with Gasteiger partial charge in [0.25, 0.3) is 0 Å². The maximum absolute atomic E-state index is 13.1. The minimum absolute atomic E-state index is 0.0993. The molecule has 0 aliphatic carbocycles. The molecule has 1 fully saturated rings. The second-order valence-corrected chi connectivity index (χ2v) is 6.68. The van der Waals surface area contributed by atoms with Crippen LogP contribution in [-0.4, -0.2) is 65.9 Å². The van der Waals surface area contributed by atoms with Gasteiger partial charge in [0, 0.05) is 63.0 Å². The van der Waals surface area contributed by atoms with E-state index in [0.717, 1.165) is 49.5 Å². The molecule has 6 nitrogen and oxygen atoms in total. The lowest BCUT2D eigenvalue weighted by atomic mass is 10.1. The molecular weight excluding hydrogens is 318 g/mol. The van der Waals surface area contributed by atoms with Gasteiger partial charge in [0.1, 0.15) is 5.75 Å². The van der Waals surface area contributed by atoms with Crippen LogP contribution in [0.3, 0.4) is 0 Å². The van der Waals surface area contributed by atoms with E-state index in [1.54, 1.807) is 7.11 Å². The van der Waals surface area contributed by atoms with Crippen LogP contribution in [0.4, 0.5) is 0 Å². The lowest BCUT2D eigenvalue weighted by molar-refractivity contribution is 0.108. The Balaban J connectivity index is 1.90. The normalized spacial score (nSPS) is 16.5. The molecular formula is C19H27N3O3. The zero-order valence-electron chi connectivity index (χ0n) is 15.3. The number of nitrogens with zero attached hydrogens (tertiary/aromatic N) is 3. The number of hydrogen-bond acceptors (Lipinski definition) is 5. The Morgan fingerprint density at radius 3 is 2.48 bits per heavy atom. The van der Waals surface area contributed by atoms with Crippen molar-refractivity contribution < 1.29 is 9.84 Å². The summed E-state index contributed by atoms with van der Waals surface area (Å²) in [6.07, 6.45) is 0. The van der Waals surface area contributed by atoms with E-state index in [2.05, 4.69) is 14.4 Å². The third-order valence-electron chi connectivity index (χ3n) is 5.29. The summed E-state index contributed by atoms with van der Waals surface area (Å²) in [5.74, 6) is 0.706. The van der Waals surface area contributed by atoms with Crippen molar-refractivity contribution in [3.05, 3.63) is 39.7 Å². The van der Waals surface area contributed by atoms with Gasteiger partial charge >= 0.3 is 0 Å². The molecule has 1 aromatic heterocycles. The fourth-order valence-corrected chi connectivity index (χ4v) is 3.55. The summed E-state index contributed by atoms with van der Waals surface area (Å²) in [6.45, 7) is 7.30. The second-order valence-electron chi connectivity index (χ2n) is 6.68. The monoisotopic (exact) mass is 345 g/mol. The molecule has 6 heteroatoms. The molecule has 1 saturated heterocycles. The topological polar surface area (TPSA) is 57.9 Å². The largest absolute Gasteiger partial charge is 0.497 e. The first kappa shape index (κ1) is 17.9. The number of β-amino-alcohol motifs (C(OH)–C–C–N with tert-alkyl or cyclic N) is 1. The molecule has 1 N–H and O–H groups in total. The van der Waals surface area contributed by atoms with E-state index in [0.29, 0.717) is 17.7 Å². The first-order valence-corrected chi connectivity index (χ1v) is 8.77. The van der Waals surface area contributed by atoms with Crippen molar-refractivity contribution in [2.45, 2.75) is 13.5 Å². The molecule has 0 spiro atoms. The van der Waals surface area contributed by atoms with Crippen LogP contribution in [0.5, 0.6) is 5.75 Å². The maximum atomic E-state index is 13.1. The fraction of sp³-hybridized carbons (Fsp3) is 0.526. The summed E-state index contributed by atoms with van der Waals surface area (Å²) in [4.78, 5) is 17.7. The highest BCUT2D eigenvalue weighted by atomic mass is 16.5. The molecule has 1 aliphatic heterocycles. The predicted molar refractivity (Wildman–Crippen MR) is 99.3 cm³/mol. The summed E-state index contributed by atoms with van der Waals surface area (Å²) < 4.78 is 7.38. The van der Waals surface area contributed by atoms with Crippen molar-refractivity contribution in [2.24, 2.45) is 7.05 Å². The van der Waals surface area contributed by atoms with E-state index in [1.807, 2.05) is 32.2 Å². The van der Waals surface area contributed by atoms with Gasteiger partial charge in [-0.1, -0.05) is 0 Å². The van der Waals surface area contributed by atoms with Crippen molar-refractivity contribution in [1.82, 2.24) is 14.4 Å². The predicted octanol–water partition coefficient (Wildman–Crippen LogP) is 0.965.